The van der Waals surface area contributed by atoms with Gasteiger partial charge in [0.2, 0.25) is 0 Å². The highest BCUT2D eigenvalue weighted by molar-refractivity contribution is 7.99. The van der Waals surface area contributed by atoms with Crippen LogP contribution in [0.2, 0.25) is 0 Å². The van der Waals surface area contributed by atoms with Gasteiger partial charge in [0, 0.05) is 41.5 Å². The number of rotatable bonds is 5. The zero-order valence-corrected chi connectivity index (χ0v) is 12.3. The van der Waals surface area contributed by atoms with Gasteiger partial charge in [-0.3, -0.25) is 0 Å². The third-order valence-corrected chi connectivity index (χ3v) is 5.40. The summed E-state index contributed by atoms with van der Waals surface area (Å²) in [5, 5.41) is 3.55. The molecule has 2 aromatic rings. The van der Waals surface area contributed by atoms with Gasteiger partial charge in [0.25, 0.3) is 0 Å². The van der Waals surface area contributed by atoms with E-state index in [0.717, 1.165) is 19.1 Å². The number of fused-ring (bicyclic) bond motifs is 1. The van der Waals surface area contributed by atoms with Crippen LogP contribution in [0.3, 0.4) is 0 Å². The van der Waals surface area contributed by atoms with E-state index in [1.165, 1.54) is 34.9 Å². The lowest BCUT2D eigenvalue weighted by atomic mass is 10.0. The minimum absolute atomic E-state index is 0.616. The highest BCUT2D eigenvalue weighted by atomic mass is 32.2. The Morgan fingerprint density at radius 1 is 1.30 bits per heavy atom. The Morgan fingerprint density at radius 3 is 3.10 bits per heavy atom. The molecule has 2 heterocycles. The molecule has 1 aliphatic carbocycles. The minimum atomic E-state index is 0.616. The lowest BCUT2D eigenvalue weighted by Gasteiger charge is -2.14. The highest BCUT2D eigenvalue weighted by Gasteiger charge is 2.24. The van der Waals surface area contributed by atoms with Gasteiger partial charge < -0.3 is 9.88 Å². The first-order valence-corrected chi connectivity index (χ1v) is 8.34. The lowest BCUT2D eigenvalue weighted by Crippen LogP contribution is -2.20. The van der Waals surface area contributed by atoms with Crippen LogP contribution in [0.1, 0.15) is 30.1 Å². The summed E-state index contributed by atoms with van der Waals surface area (Å²) >= 11 is 1.98. The monoisotopic (exact) mass is 285 g/mol. The molecule has 4 heteroatoms. The van der Waals surface area contributed by atoms with E-state index in [0.29, 0.717) is 5.92 Å². The van der Waals surface area contributed by atoms with Crippen molar-refractivity contribution in [2.24, 2.45) is 0 Å². The fourth-order valence-corrected chi connectivity index (χ4v) is 4.06. The molecule has 0 bridgehead atoms. The summed E-state index contributed by atoms with van der Waals surface area (Å²) in [7, 11) is 0. The van der Waals surface area contributed by atoms with Crippen LogP contribution in [-0.2, 0) is 13.1 Å². The molecule has 0 radical (unpaired) electrons. The Morgan fingerprint density at radius 2 is 2.20 bits per heavy atom. The van der Waals surface area contributed by atoms with Crippen molar-refractivity contribution in [2.75, 3.05) is 5.75 Å². The number of nitrogens with one attached hydrogen (secondary N) is 1. The average Bonchev–Trinajstić information content (AvgIpc) is 3.07. The van der Waals surface area contributed by atoms with Crippen LogP contribution in [0.15, 0.2) is 41.6 Å². The number of nitrogens with zero attached hydrogens (tertiary/aromatic N) is 2. The van der Waals surface area contributed by atoms with E-state index >= 15 is 0 Å². The summed E-state index contributed by atoms with van der Waals surface area (Å²) in [6.45, 7) is 1.95. The van der Waals surface area contributed by atoms with Crippen molar-refractivity contribution >= 4 is 11.8 Å². The second kappa shape index (κ2) is 5.26. The predicted molar refractivity (Wildman–Crippen MR) is 82.0 cm³/mol. The molecule has 4 rings (SSSR count). The zero-order chi connectivity index (χ0) is 13.4. The van der Waals surface area contributed by atoms with Crippen molar-refractivity contribution in [2.45, 2.75) is 42.8 Å². The van der Waals surface area contributed by atoms with Crippen LogP contribution < -0.4 is 5.32 Å². The van der Waals surface area contributed by atoms with E-state index in [1.54, 1.807) is 0 Å². The molecule has 1 saturated carbocycles. The number of benzene rings is 1. The van der Waals surface area contributed by atoms with Crippen LogP contribution in [0.4, 0.5) is 0 Å². The number of hydrogen-bond donors (Lipinski definition) is 1. The van der Waals surface area contributed by atoms with Crippen LogP contribution >= 0.6 is 11.8 Å². The van der Waals surface area contributed by atoms with Crippen LogP contribution in [-0.4, -0.2) is 21.3 Å². The van der Waals surface area contributed by atoms with Crippen molar-refractivity contribution in [3.05, 3.63) is 48.0 Å². The maximum atomic E-state index is 4.51. The van der Waals surface area contributed by atoms with Crippen molar-refractivity contribution in [1.29, 1.82) is 0 Å². The highest BCUT2D eigenvalue weighted by Crippen LogP contribution is 2.40. The molecule has 2 aliphatic rings. The second-order valence-corrected chi connectivity index (χ2v) is 6.76. The Kier molecular flexibility index (Phi) is 3.28. The topological polar surface area (TPSA) is 29.9 Å². The van der Waals surface area contributed by atoms with E-state index < -0.39 is 0 Å². The molecule has 0 saturated heterocycles. The molecule has 1 unspecified atom stereocenters. The molecule has 3 nitrogen and oxygen atoms in total. The van der Waals surface area contributed by atoms with Gasteiger partial charge in [-0.25, -0.2) is 4.98 Å². The molecule has 0 amide bonds. The molecule has 1 N–H and O–H groups in total. The first-order chi connectivity index (χ1) is 9.90. The average molecular weight is 285 g/mol. The van der Waals surface area contributed by atoms with E-state index in [1.807, 2.05) is 18.0 Å². The summed E-state index contributed by atoms with van der Waals surface area (Å²) in [4.78, 5) is 5.96. The first kappa shape index (κ1) is 12.5. The molecule has 1 aromatic heterocycles. The Hall–Kier alpha value is -1.26. The Labute approximate surface area is 123 Å². The van der Waals surface area contributed by atoms with Gasteiger partial charge in [-0.1, -0.05) is 18.2 Å². The largest absolute Gasteiger partial charge is 0.333 e. The fourth-order valence-electron chi connectivity index (χ4n) is 2.81. The van der Waals surface area contributed by atoms with E-state index in [2.05, 4.69) is 45.3 Å². The number of imidazole rings is 1. The van der Waals surface area contributed by atoms with E-state index in [4.69, 9.17) is 0 Å². The normalized spacial score (nSPS) is 21.1. The smallest absolute Gasteiger partial charge is 0.122 e. The molecule has 1 atom stereocenters. The number of aromatic nitrogens is 2. The molecular formula is C16H19N3S. The third kappa shape index (κ3) is 2.50. The molecule has 1 fully saturated rings. The van der Waals surface area contributed by atoms with Crippen molar-refractivity contribution in [3.8, 4) is 0 Å². The van der Waals surface area contributed by atoms with E-state index in [9.17, 15) is 0 Å². The molecule has 1 aliphatic heterocycles. The van der Waals surface area contributed by atoms with Crippen LogP contribution in [0.25, 0.3) is 0 Å². The lowest BCUT2D eigenvalue weighted by molar-refractivity contribution is 0.552. The summed E-state index contributed by atoms with van der Waals surface area (Å²) < 4.78 is 2.32. The van der Waals surface area contributed by atoms with Gasteiger partial charge in [-0.05, 0) is 24.5 Å². The zero-order valence-electron chi connectivity index (χ0n) is 11.5. The van der Waals surface area contributed by atoms with Gasteiger partial charge >= 0.3 is 0 Å². The quantitative estimate of drug-likeness (QED) is 0.916. The van der Waals surface area contributed by atoms with Crippen molar-refractivity contribution in [3.63, 3.8) is 0 Å². The Bertz CT molecular complexity index is 603. The predicted octanol–water partition coefficient (Wildman–Crippen LogP) is 3.02. The summed E-state index contributed by atoms with van der Waals surface area (Å²) in [5.74, 6) is 2.98. The van der Waals surface area contributed by atoms with Gasteiger partial charge in [0.15, 0.2) is 0 Å². The van der Waals surface area contributed by atoms with Gasteiger partial charge in [-0.15, -0.1) is 11.8 Å². The van der Waals surface area contributed by atoms with E-state index in [-0.39, 0.29) is 0 Å². The van der Waals surface area contributed by atoms with Gasteiger partial charge in [0.1, 0.15) is 5.82 Å². The van der Waals surface area contributed by atoms with Crippen LogP contribution in [0.5, 0.6) is 0 Å². The Balaban J connectivity index is 1.48. The third-order valence-electron chi connectivity index (χ3n) is 4.14. The molecule has 1 aromatic carbocycles. The van der Waals surface area contributed by atoms with Crippen LogP contribution in [0, 0.1) is 0 Å². The molecule has 104 valence electrons. The van der Waals surface area contributed by atoms with Gasteiger partial charge in [-0.2, -0.15) is 0 Å². The van der Waals surface area contributed by atoms with Crippen molar-refractivity contribution < 1.29 is 0 Å². The van der Waals surface area contributed by atoms with Gasteiger partial charge in [0.05, 0.1) is 6.54 Å². The standard InChI is InChI=1S/C16H19N3S/c1-2-4-15-14(3-1)12(11-20-15)10-19-8-7-17-16(19)9-18-13-5-6-13/h1-4,7-8,12-13,18H,5-6,9-11H2. The SMILES string of the molecule is c1ccc2c(c1)SCC2Cn1ccnc1CNC1CC1. The maximum absolute atomic E-state index is 4.51. The number of hydrogen-bond acceptors (Lipinski definition) is 3. The molecular weight excluding hydrogens is 266 g/mol. The first-order valence-electron chi connectivity index (χ1n) is 7.35. The number of thioether (sulfide) groups is 1. The second-order valence-electron chi connectivity index (χ2n) is 5.70. The minimum Gasteiger partial charge on any atom is -0.333 e. The maximum Gasteiger partial charge on any atom is 0.122 e. The summed E-state index contributed by atoms with van der Waals surface area (Å²) in [6.07, 6.45) is 6.70. The van der Waals surface area contributed by atoms with Crippen molar-refractivity contribution in [1.82, 2.24) is 14.9 Å². The summed E-state index contributed by atoms with van der Waals surface area (Å²) in [6, 6.07) is 9.54. The molecule has 20 heavy (non-hydrogen) atoms. The fraction of sp³-hybridized carbons (Fsp3) is 0.438. The molecule has 0 spiro atoms. The summed E-state index contributed by atoms with van der Waals surface area (Å²) in [5.41, 5.74) is 1.51.